The van der Waals surface area contributed by atoms with Gasteiger partial charge in [-0.05, 0) is 57.2 Å². The van der Waals surface area contributed by atoms with E-state index in [-0.39, 0.29) is 11.9 Å². The Hall–Kier alpha value is -2.03. The fraction of sp³-hybridized carbons (Fsp3) is 0.476. The lowest BCUT2D eigenvalue weighted by Gasteiger charge is -2.16. The molecule has 0 aliphatic rings. The van der Waals surface area contributed by atoms with Crippen LogP contribution in [-0.2, 0) is 13.0 Å². The predicted octanol–water partition coefficient (Wildman–Crippen LogP) is 4.55. The van der Waals surface area contributed by atoms with Gasteiger partial charge in [0.2, 0.25) is 0 Å². The Morgan fingerprint density at radius 3 is 2.29 bits per heavy atom. The van der Waals surface area contributed by atoms with E-state index in [0.29, 0.717) is 0 Å². The molecule has 0 saturated carbocycles. The second-order valence-corrected chi connectivity index (χ2v) is 6.75. The minimum atomic E-state index is 0.0387. The summed E-state index contributed by atoms with van der Waals surface area (Å²) in [5.74, 6) is 0.0387. The lowest BCUT2D eigenvalue weighted by molar-refractivity contribution is 0.0929. The van der Waals surface area contributed by atoms with E-state index in [2.05, 4.69) is 68.8 Å². The fourth-order valence-corrected chi connectivity index (χ4v) is 3.23. The quantitative estimate of drug-likeness (QED) is 0.830. The molecule has 0 unspecified atom stereocenters. The second-order valence-electron chi connectivity index (χ2n) is 6.75. The molecule has 130 valence electrons. The number of rotatable bonds is 6. The molecule has 1 heterocycles. The number of nitrogens with one attached hydrogen (secondary N) is 1. The third-order valence-corrected chi connectivity index (χ3v) is 4.94. The summed E-state index contributed by atoms with van der Waals surface area (Å²) in [7, 11) is 0. The molecule has 0 saturated heterocycles. The lowest BCUT2D eigenvalue weighted by Crippen LogP contribution is -2.34. The summed E-state index contributed by atoms with van der Waals surface area (Å²) >= 11 is 0. The van der Waals surface area contributed by atoms with Gasteiger partial charge in [-0.2, -0.15) is 0 Å². The number of carbonyl (C=O) groups excluding carboxylic acids is 1. The van der Waals surface area contributed by atoms with Gasteiger partial charge in [-0.25, -0.2) is 0 Å². The number of amides is 1. The SMILES string of the molecule is CCc1c(C)c(C(=O)N[C@@H](C)CC)n(Cc2ccc(C)cc2)c1C. The van der Waals surface area contributed by atoms with Gasteiger partial charge in [-0.15, -0.1) is 0 Å². The molecule has 1 aromatic carbocycles. The standard InChI is InChI=1S/C21H30N2O/c1-7-15(4)22-21(24)20-16(5)19(8-2)17(6)23(20)13-18-11-9-14(3)10-12-18/h9-12,15H,7-8,13H2,1-6H3,(H,22,24)/t15-/m0/s1. The van der Waals surface area contributed by atoms with E-state index in [4.69, 9.17) is 0 Å². The molecule has 1 atom stereocenters. The summed E-state index contributed by atoms with van der Waals surface area (Å²) in [5.41, 5.74) is 6.89. The van der Waals surface area contributed by atoms with Crippen LogP contribution in [-0.4, -0.2) is 16.5 Å². The highest BCUT2D eigenvalue weighted by atomic mass is 16.2. The number of hydrogen-bond donors (Lipinski definition) is 1. The molecule has 0 aliphatic carbocycles. The number of carbonyl (C=O) groups is 1. The van der Waals surface area contributed by atoms with Crippen molar-refractivity contribution in [3.8, 4) is 0 Å². The van der Waals surface area contributed by atoms with Crippen molar-refractivity contribution >= 4 is 5.91 Å². The van der Waals surface area contributed by atoms with Crippen LogP contribution in [0.4, 0.5) is 0 Å². The molecule has 0 radical (unpaired) electrons. The zero-order chi connectivity index (χ0) is 17.9. The normalized spacial score (nSPS) is 12.2. The Morgan fingerprint density at radius 2 is 1.75 bits per heavy atom. The zero-order valence-electron chi connectivity index (χ0n) is 15.9. The Bertz CT molecular complexity index is 710. The molecular weight excluding hydrogens is 296 g/mol. The van der Waals surface area contributed by atoms with Crippen LogP contribution in [0.1, 0.15) is 65.6 Å². The van der Waals surface area contributed by atoms with Gasteiger partial charge in [-0.3, -0.25) is 4.79 Å². The minimum Gasteiger partial charge on any atom is -0.348 e. The average molecular weight is 326 g/mol. The molecule has 1 amide bonds. The number of hydrogen-bond acceptors (Lipinski definition) is 1. The maximum Gasteiger partial charge on any atom is 0.268 e. The monoisotopic (exact) mass is 326 g/mol. The molecule has 0 bridgehead atoms. The summed E-state index contributed by atoms with van der Waals surface area (Å²) in [6, 6.07) is 8.73. The van der Waals surface area contributed by atoms with E-state index in [9.17, 15) is 4.79 Å². The largest absolute Gasteiger partial charge is 0.348 e. The van der Waals surface area contributed by atoms with E-state index >= 15 is 0 Å². The van der Waals surface area contributed by atoms with Crippen LogP contribution in [0, 0.1) is 20.8 Å². The van der Waals surface area contributed by atoms with Crippen molar-refractivity contribution in [2.75, 3.05) is 0 Å². The Labute approximate surface area is 146 Å². The molecule has 0 aliphatic heterocycles. The van der Waals surface area contributed by atoms with Gasteiger partial charge < -0.3 is 9.88 Å². The second kappa shape index (κ2) is 7.69. The van der Waals surface area contributed by atoms with Crippen LogP contribution >= 0.6 is 0 Å². The van der Waals surface area contributed by atoms with Crippen LogP contribution in [0.15, 0.2) is 24.3 Å². The van der Waals surface area contributed by atoms with Crippen LogP contribution in [0.3, 0.4) is 0 Å². The molecule has 2 rings (SSSR count). The van der Waals surface area contributed by atoms with E-state index in [0.717, 1.165) is 30.6 Å². The molecule has 3 nitrogen and oxygen atoms in total. The first-order chi connectivity index (χ1) is 11.4. The summed E-state index contributed by atoms with van der Waals surface area (Å²) < 4.78 is 2.18. The molecule has 0 fully saturated rings. The third kappa shape index (κ3) is 3.72. The van der Waals surface area contributed by atoms with Gasteiger partial charge in [0.15, 0.2) is 0 Å². The molecule has 1 N–H and O–H groups in total. The van der Waals surface area contributed by atoms with E-state index in [1.54, 1.807) is 0 Å². The summed E-state index contributed by atoms with van der Waals surface area (Å²) in [5, 5.41) is 3.13. The van der Waals surface area contributed by atoms with Crippen molar-refractivity contribution in [3.05, 3.63) is 57.9 Å². The molecule has 24 heavy (non-hydrogen) atoms. The number of aryl methyl sites for hydroxylation is 1. The number of benzene rings is 1. The molecule has 1 aromatic heterocycles. The highest BCUT2D eigenvalue weighted by molar-refractivity contribution is 5.95. The molecule has 2 aromatic rings. The van der Waals surface area contributed by atoms with Crippen molar-refractivity contribution in [3.63, 3.8) is 0 Å². The van der Waals surface area contributed by atoms with E-state index in [1.165, 1.54) is 22.4 Å². The van der Waals surface area contributed by atoms with Gasteiger partial charge in [0.05, 0.1) is 0 Å². The lowest BCUT2D eigenvalue weighted by atomic mass is 10.1. The maximum atomic E-state index is 12.8. The van der Waals surface area contributed by atoms with Gasteiger partial charge in [0, 0.05) is 18.3 Å². The van der Waals surface area contributed by atoms with Crippen LogP contribution in [0.25, 0.3) is 0 Å². The summed E-state index contributed by atoms with van der Waals surface area (Å²) in [6.07, 6.45) is 1.88. The predicted molar refractivity (Wildman–Crippen MR) is 101 cm³/mol. The van der Waals surface area contributed by atoms with Crippen LogP contribution in [0.5, 0.6) is 0 Å². The molecule has 0 spiro atoms. The fourth-order valence-electron chi connectivity index (χ4n) is 3.23. The summed E-state index contributed by atoms with van der Waals surface area (Å²) in [4.78, 5) is 12.8. The van der Waals surface area contributed by atoms with Gasteiger partial charge in [0.25, 0.3) is 5.91 Å². The van der Waals surface area contributed by atoms with Crippen LogP contribution in [0.2, 0.25) is 0 Å². The average Bonchev–Trinajstić information content (AvgIpc) is 2.79. The number of nitrogens with zero attached hydrogens (tertiary/aromatic N) is 1. The molecular formula is C21H30N2O. The van der Waals surface area contributed by atoms with Crippen molar-refractivity contribution in [2.45, 2.75) is 67.0 Å². The Morgan fingerprint density at radius 1 is 1.12 bits per heavy atom. The van der Waals surface area contributed by atoms with Gasteiger partial charge >= 0.3 is 0 Å². The smallest absolute Gasteiger partial charge is 0.268 e. The zero-order valence-corrected chi connectivity index (χ0v) is 15.9. The Kier molecular flexibility index (Phi) is 5.87. The first kappa shape index (κ1) is 18.3. The van der Waals surface area contributed by atoms with E-state index < -0.39 is 0 Å². The summed E-state index contributed by atoms with van der Waals surface area (Å²) in [6.45, 7) is 13.3. The van der Waals surface area contributed by atoms with Gasteiger partial charge in [-0.1, -0.05) is 43.7 Å². The first-order valence-corrected chi connectivity index (χ1v) is 8.93. The van der Waals surface area contributed by atoms with E-state index in [1.807, 2.05) is 6.92 Å². The Balaban J connectivity index is 2.44. The topological polar surface area (TPSA) is 34.0 Å². The van der Waals surface area contributed by atoms with Gasteiger partial charge in [0.1, 0.15) is 5.69 Å². The van der Waals surface area contributed by atoms with Crippen molar-refractivity contribution < 1.29 is 4.79 Å². The first-order valence-electron chi connectivity index (χ1n) is 8.93. The molecule has 3 heteroatoms. The number of aromatic nitrogens is 1. The van der Waals surface area contributed by atoms with Crippen molar-refractivity contribution in [2.24, 2.45) is 0 Å². The van der Waals surface area contributed by atoms with Crippen molar-refractivity contribution in [1.82, 2.24) is 9.88 Å². The van der Waals surface area contributed by atoms with Crippen LogP contribution < -0.4 is 5.32 Å². The third-order valence-electron chi connectivity index (χ3n) is 4.94. The highest BCUT2D eigenvalue weighted by Gasteiger charge is 2.22. The maximum absolute atomic E-state index is 12.8. The highest BCUT2D eigenvalue weighted by Crippen LogP contribution is 2.24. The minimum absolute atomic E-state index is 0.0387. The van der Waals surface area contributed by atoms with Crippen molar-refractivity contribution in [1.29, 1.82) is 0 Å².